The van der Waals surface area contributed by atoms with Crippen LogP contribution in [0.15, 0.2) is 16.5 Å². The Morgan fingerprint density at radius 2 is 2.11 bits per heavy atom. The standard InChI is InChI=1S/C15H26N2O/c1-11-6-4-5-7-13(11)17(3)14(10-16)15-9-8-12(2)18-15/h8-9,11,13-14H,4-7,10,16H2,1-3H3. The second kappa shape index (κ2) is 5.89. The van der Waals surface area contributed by atoms with Crippen LogP contribution >= 0.6 is 0 Å². The number of furan rings is 1. The maximum atomic E-state index is 5.97. The molecule has 18 heavy (non-hydrogen) atoms. The maximum Gasteiger partial charge on any atom is 0.122 e. The third-order valence-electron chi connectivity index (χ3n) is 4.39. The van der Waals surface area contributed by atoms with Crippen LogP contribution in [-0.4, -0.2) is 24.5 Å². The van der Waals surface area contributed by atoms with Crippen LogP contribution in [-0.2, 0) is 0 Å². The first-order valence-corrected chi connectivity index (χ1v) is 7.11. The molecule has 3 heteroatoms. The number of nitrogens with two attached hydrogens (primary N) is 1. The van der Waals surface area contributed by atoms with Crippen molar-refractivity contribution in [2.75, 3.05) is 13.6 Å². The van der Waals surface area contributed by atoms with Crippen LogP contribution in [0.3, 0.4) is 0 Å². The Bertz CT molecular complexity index is 374. The predicted molar refractivity (Wildman–Crippen MR) is 74.4 cm³/mol. The van der Waals surface area contributed by atoms with Gasteiger partial charge < -0.3 is 10.2 Å². The fourth-order valence-corrected chi connectivity index (χ4v) is 3.25. The van der Waals surface area contributed by atoms with E-state index in [1.807, 2.05) is 13.0 Å². The third kappa shape index (κ3) is 2.78. The lowest BCUT2D eigenvalue weighted by molar-refractivity contribution is 0.0886. The first-order chi connectivity index (χ1) is 8.63. The average molecular weight is 250 g/mol. The number of hydrogen-bond donors (Lipinski definition) is 1. The Hall–Kier alpha value is -0.800. The molecule has 1 aliphatic rings. The van der Waals surface area contributed by atoms with Crippen molar-refractivity contribution in [1.29, 1.82) is 0 Å². The molecule has 3 atom stereocenters. The molecule has 2 N–H and O–H groups in total. The van der Waals surface area contributed by atoms with E-state index in [4.69, 9.17) is 10.2 Å². The number of likely N-dealkylation sites (N-methyl/N-ethyl adjacent to an activating group) is 1. The van der Waals surface area contributed by atoms with Crippen molar-refractivity contribution in [2.24, 2.45) is 11.7 Å². The summed E-state index contributed by atoms with van der Waals surface area (Å²) >= 11 is 0. The Balaban J connectivity index is 2.11. The Labute approximate surface area is 110 Å². The molecule has 2 rings (SSSR count). The van der Waals surface area contributed by atoms with Gasteiger partial charge in [0.2, 0.25) is 0 Å². The van der Waals surface area contributed by atoms with Gasteiger partial charge in [-0.3, -0.25) is 4.90 Å². The van der Waals surface area contributed by atoms with E-state index in [9.17, 15) is 0 Å². The molecule has 3 unspecified atom stereocenters. The fraction of sp³-hybridized carbons (Fsp3) is 0.733. The molecule has 3 nitrogen and oxygen atoms in total. The summed E-state index contributed by atoms with van der Waals surface area (Å²) in [5.74, 6) is 2.73. The van der Waals surface area contributed by atoms with Gasteiger partial charge in [-0.2, -0.15) is 0 Å². The molecule has 0 radical (unpaired) electrons. The maximum absolute atomic E-state index is 5.97. The van der Waals surface area contributed by atoms with Gasteiger partial charge in [-0.15, -0.1) is 0 Å². The molecule has 102 valence electrons. The van der Waals surface area contributed by atoms with Crippen LogP contribution in [0.25, 0.3) is 0 Å². The van der Waals surface area contributed by atoms with Crippen molar-refractivity contribution in [2.45, 2.75) is 51.6 Å². The number of aryl methyl sites for hydroxylation is 1. The first kappa shape index (κ1) is 13.6. The highest BCUT2D eigenvalue weighted by Crippen LogP contribution is 2.32. The van der Waals surface area contributed by atoms with Crippen molar-refractivity contribution in [1.82, 2.24) is 4.90 Å². The van der Waals surface area contributed by atoms with Gasteiger partial charge in [0.1, 0.15) is 11.5 Å². The number of rotatable bonds is 4. The monoisotopic (exact) mass is 250 g/mol. The van der Waals surface area contributed by atoms with E-state index in [0.29, 0.717) is 12.6 Å². The highest BCUT2D eigenvalue weighted by molar-refractivity contribution is 5.10. The Kier molecular flexibility index (Phi) is 4.46. The van der Waals surface area contributed by atoms with Crippen molar-refractivity contribution in [3.63, 3.8) is 0 Å². The first-order valence-electron chi connectivity index (χ1n) is 7.11. The summed E-state index contributed by atoms with van der Waals surface area (Å²) in [6, 6.07) is 4.94. The second-order valence-electron chi connectivity index (χ2n) is 5.69. The smallest absolute Gasteiger partial charge is 0.122 e. The summed E-state index contributed by atoms with van der Waals surface area (Å²) in [6.07, 6.45) is 5.34. The number of hydrogen-bond acceptors (Lipinski definition) is 3. The summed E-state index contributed by atoms with van der Waals surface area (Å²) in [6.45, 7) is 4.97. The van der Waals surface area contributed by atoms with Gasteiger partial charge in [0.25, 0.3) is 0 Å². The van der Waals surface area contributed by atoms with Crippen molar-refractivity contribution >= 4 is 0 Å². The SMILES string of the molecule is Cc1ccc(C(CN)N(C)C2CCCCC2C)o1. The molecule has 1 saturated carbocycles. The van der Waals surface area contributed by atoms with Gasteiger partial charge in [0.05, 0.1) is 6.04 Å². The van der Waals surface area contributed by atoms with Crippen LogP contribution in [0.5, 0.6) is 0 Å². The molecule has 0 aliphatic heterocycles. The minimum absolute atomic E-state index is 0.212. The summed E-state index contributed by atoms with van der Waals surface area (Å²) < 4.78 is 5.76. The molecule has 0 spiro atoms. The quantitative estimate of drug-likeness (QED) is 0.893. The van der Waals surface area contributed by atoms with E-state index in [1.54, 1.807) is 0 Å². The molecular formula is C15H26N2O. The summed E-state index contributed by atoms with van der Waals surface area (Å²) in [4.78, 5) is 2.43. The van der Waals surface area contributed by atoms with Crippen LogP contribution in [0.1, 0.15) is 50.2 Å². The second-order valence-corrected chi connectivity index (χ2v) is 5.69. The molecule has 1 aliphatic carbocycles. The van der Waals surface area contributed by atoms with Gasteiger partial charge in [0.15, 0.2) is 0 Å². The molecule has 1 fully saturated rings. The van der Waals surface area contributed by atoms with Gasteiger partial charge in [-0.25, -0.2) is 0 Å². The third-order valence-corrected chi connectivity index (χ3v) is 4.39. The molecular weight excluding hydrogens is 224 g/mol. The number of nitrogens with zero attached hydrogens (tertiary/aromatic N) is 1. The Morgan fingerprint density at radius 3 is 2.67 bits per heavy atom. The van der Waals surface area contributed by atoms with Gasteiger partial charge >= 0.3 is 0 Å². The summed E-state index contributed by atoms with van der Waals surface area (Å²) in [7, 11) is 2.20. The molecule has 0 saturated heterocycles. The summed E-state index contributed by atoms with van der Waals surface area (Å²) in [5.41, 5.74) is 5.97. The lowest BCUT2D eigenvalue weighted by Crippen LogP contribution is -2.43. The molecule has 0 bridgehead atoms. The fourth-order valence-electron chi connectivity index (χ4n) is 3.25. The van der Waals surface area contributed by atoms with E-state index in [0.717, 1.165) is 17.4 Å². The summed E-state index contributed by atoms with van der Waals surface area (Å²) in [5, 5.41) is 0. The van der Waals surface area contributed by atoms with E-state index in [1.165, 1.54) is 25.7 Å². The average Bonchev–Trinajstić information content (AvgIpc) is 2.77. The zero-order valence-corrected chi connectivity index (χ0v) is 11.9. The highest BCUT2D eigenvalue weighted by atomic mass is 16.3. The molecule has 1 heterocycles. The van der Waals surface area contributed by atoms with Crippen molar-refractivity contribution in [3.05, 3.63) is 23.7 Å². The van der Waals surface area contributed by atoms with Crippen molar-refractivity contribution < 1.29 is 4.42 Å². The van der Waals surface area contributed by atoms with E-state index in [-0.39, 0.29) is 6.04 Å². The van der Waals surface area contributed by atoms with E-state index < -0.39 is 0 Å². The lowest BCUT2D eigenvalue weighted by Gasteiger charge is -2.39. The van der Waals surface area contributed by atoms with Crippen LogP contribution < -0.4 is 5.73 Å². The van der Waals surface area contributed by atoms with Crippen molar-refractivity contribution in [3.8, 4) is 0 Å². The normalized spacial score (nSPS) is 26.5. The molecule has 1 aromatic rings. The predicted octanol–water partition coefficient (Wildman–Crippen LogP) is 3.10. The van der Waals surface area contributed by atoms with Crippen LogP contribution in [0, 0.1) is 12.8 Å². The Morgan fingerprint density at radius 1 is 1.39 bits per heavy atom. The van der Waals surface area contributed by atoms with Gasteiger partial charge in [-0.05, 0) is 44.9 Å². The van der Waals surface area contributed by atoms with Gasteiger partial charge in [-0.1, -0.05) is 19.8 Å². The zero-order chi connectivity index (χ0) is 13.1. The highest BCUT2D eigenvalue weighted by Gasteiger charge is 2.30. The minimum atomic E-state index is 0.212. The molecule has 1 aromatic heterocycles. The lowest BCUT2D eigenvalue weighted by atomic mass is 9.84. The molecule has 0 aromatic carbocycles. The van der Waals surface area contributed by atoms with E-state index in [2.05, 4.69) is 24.9 Å². The van der Waals surface area contributed by atoms with Crippen LogP contribution in [0.2, 0.25) is 0 Å². The van der Waals surface area contributed by atoms with E-state index >= 15 is 0 Å². The zero-order valence-electron chi connectivity index (χ0n) is 11.9. The largest absolute Gasteiger partial charge is 0.465 e. The molecule has 0 amide bonds. The topological polar surface area (TPSA) is 42.4 Å². The minimum Gasteiger partial charge on any atom is -0.465 e. The van der Waals surface area contributed by atoms with Gasteiger partial charge in [0, 0.05) is 12.6 Å². The van der Waals surface area contributed by atoms with Crippen LogP contribution in [0.4, 0.5) is 0 Å².